The Kier molecular flexibility index (Phi) is 4.86. The molecule has 3 aliphatic heterocycles. The number of nitrogens with zero attached hydrogens (tertiary/aromatic N) is 4. The van der Waals surface area contributed by atoms with Crippen molar-refractivity contribution in [1.82, 2.24) is 14.8 Å². The normalized spacial score (nSPS) is 20.8. The second-order valence-corrected chi connectivity index (χ2v) is 7.75. The molecule has 5 heterocycles. The summed E-state index contributed by atoms with van der Waals surface area (Å²) in [6.07, 6.45) is 7.99. The van der Waals surface area contributed by atoms with Gasteiger partial charge in [-0.1, -0.05) is 0 Å². The monoisotopic (exact) mass is 382 g/mol. The van der Waals surface area contributed by atoms with Gasteiger partial charge in [0.1, 0.15) is 6.10 Å². The van der Waals surface area contributed by atoms with Crippen LogP contribution in [0.1, 0.15) is 54.1 Å². The van der Waals surface area contributed by atoms with Crippen molar-refractivity contribution >= 4 is 5.71 Å². The first kappa shape index (κ1) is 17.8. The summed E-state index contributed by atoms with van der Waals surface area (Å²) in [5.74, 6) is 0.706. The second-order valence-electron chi connectivity index (χ2n) is 7.75. The van der Waals surface area contributed by atoms with Crippen LogP contribution in [-0.4, -0.2) is 53.0 Å². The average Bonchev–Trinajstić information content (AvgIpc) is 3.36. The van der Waals surface area contributed by atoms with Gasteiger partial charge in [0.05, 0.1) is 43.3 Å². The molecule has 0 aromatic carbocycles. The summed E-state index contributed by atoms with van der Waals surface area (Å²) in [6, 6.07) is 2.52. The Morgan fingerprint density at radius 3 is 2.61 bits per heavy atom. The highest BCUT2D eigenvalue weighted by Gasteiger charge is 2.28. The first-order valence-corrected chi connectivity index (χ1v) is 10.2. The summed E-state index contributed by atoms with van der Waals surface area (Å²) in [5.41, 5.74) is 5.16. The molecule has 0 spiro atoms. The summed E-state index contributed by atoms with van der Waals surface area (Å²) in [4.78, 5) is 9.54. The maximum atomic E-state index is 6.34. The number of pyridine rings is 1. The lowest BCUT2D eigenvalue weighted by atomic mass is 10.0. The van der Waals surface area contributed by atoms with E-state index < -0.39 is 0 Å². The highest BCUT2D eigenvalue weighted by Crippen LogP contribution is 2.32. The summed E-state index contributed by atoms with van der Waals surface area (Å²) < 4.78 is 19.3. The van der Waals surface area contributed by atoms with Crippen LogP contribution < -0.4 is 4.74 Å². The molecule has 2 aromatic rings. The van der Waals surface area contributed by atoms with E-state index in [2.05, 4.69) is 22.0 Å². The fourth-order valence-electron chi connectivity index (χ4n) is 4.21. The molecule has 7 heteroatoms. The molecular formula is C21H26N4O3. The van der Waals surface area contributed by atoms with E-state index >= 15 is 0 Å². The van der Waals surface area contributed by atoms with E-state index in [4.69, 9.17) is 24.2 Å². The number of aromatic nitrogens is 3. The van der Waals surface area contributed by atoms with E-state index in [1.165, 1.54) is 5.56 Å². The highest BCUT2D eigenvalue weighted by molar-refractivity contribution is 6.16. The number of aryl methyl sites for hydroxylation is 1. The molecule has 0 bridgehead atoms. The topological polar surface area (TPSA) is 70.8 Å². The van der Waals surface area contributed by atoms with Crippen LogP contribution in [0.4, 0.5) is 0 Å². The minimum atomic E-state index is 0.152. The third kappa shape index (κ3) is 3.44. The van der Waals surface area contributed by atoms with Crippen LogP contribution in [0.15, 0.2) is 23.5 Å². The lowest BCUT2D eigenvalue weighted by molar-refractivity contribution is 0.0236. The minimum Gasteiger partial charge on any atom is -0.474 e. The molecule has 0 saturated carbocycles. The summed E-state index contributed by atoms with van der Waals surface area (Å²) >= 11 is 0. The van der Waals surface area contributed by atoms with E-state index in [1.54, 1.807) is 0 Å². The van der Waals surface area contributed by atoms with E-state index in [0.29, 0.717) is 18.5 Å². The van der Waals surface area contributed by atoms with Gasteiger partial charge in [0.2, 0.25) is 5.88 Å². The Bertz CT molecular complexity index is 880. The molecule has 0 unspecified atom stereocenters. The van der Waals surface area contributed by atoms with Crippen LogP contribution in [0.3, 0.4) is 0 Å². The molecule has 0 radical (unpaired) electrons. The summed E-state index contributed by atoms with van der Waals surface area (Å²) in [5, 5.41) is 4.62. The first-order valence-electron chi connectivity index (χ1n) is 10.2. The SMILES string of the molecule is Cc1cc2c(c(OC3CCOCC3)n1)C(c1cnn(C3CCOCC3)c1)=NC2. The van der Waals surface area contributed by atoms with Crippen molar-refractivity contribution < 1.29 is 14.2 Å². The number of hydrogen-bond donors (Lipinski definition) is 0. The first-order chi connectivity index (χ1) is 13.8. The van der Waals surface area contributed by atoms with Gasteiger partial charge in [0, 0.05) is 43.5 Å². The zero-order valence-electron chi connectivity index (χ0n) is 16.3. The lowest BCUT2D eigenvalue weighted by Gasteiger charge is -2.24. The molecule has 2 saturated heterocycles. The third-order valence-corrected chi connectivity index (χ3v) is 5.73. The third-order valence-electron chi connectivity index (χ3n) is 5.73. The van der Waals surface area contributed by atoms with Crippen molar-refractivity contribution in [2.24, 2.45) is 4.99 Å². The van der Waals surface area contributed by atoms with Crippen molar-refractivity contribution in [2.75, 3.05) is 26.4 Å². The predicted molar refractivity (Wildman–Crippen MR) is 104 cm³/mol. The van der Waals surface area contributed by atoms with E-state index in [1.807, 2.05) is 13.1 Å². The van der Waals surface area contributed by atoms with Crippen molar-refractivity contribution in [3.05, 3.63) is 40.8 Å². The van der Waals surface area contributed by atoms with Crippen molar-refractivity contribution in [1.29, 1.82) is 0 Å². The quantitative estimate of drug-likeness (QED) is 0.813. The van der Waals surface area contributed by atoms with Crippen LogP contribution >= 0.6 is 0 Å². The van der Waals surface area contributed by atoms with Gasteiger partial charge in [-0.2, -0.15) is 5.10 Å². The molecule has 0 aliphatic carbocycles. The van der Waals surface area contributed by atoms with Gasteiger partial charge in [-0.3, -0.25) is 9.67 Å². The van der Waals surface area contributed by atoms with Crippen molar-refractivity contribution in [3.8, 4) is 5.88 Å². The van der Waals surface area contributed by atoms with Crippen LogP contribution in [0, 0.1) is 6.92 Å². The van der Waals surface area contributed by atoms with Gasteiger partial charge < -0.3 is 14.2 Å². The highest BCUT2D eigenvalue weighted by atomic mass is 16.5. The number of aliphatic imine (C=N–C) groups is 1. The van der Waals surface area contributed by atoms with Gasteiger partial charge in [-0.05, 0) is 31.4 Å². The van der Waals surface area contributed by atoms with Crippen LogP contribution in [0.5, 0.6) is 5.88 Å². The van der Waals surface area contributed by atoms with Gasteiger partial charge in [-0.25, -0.2) is 4.98 Å². The smallest absolute Gasteiger partial charge is 0.223 e. The van der Waals surface area contributed by atoms with Gasteiger partial charge >= 0.3 is 0 Å². The van der Waals surface area contributed by atoms with Crippen molar-refractivity contribution in [2.45, 2.75) is 51.3 Å². The Labute approximate surface area is 164 Å². The number of rotatable bonds is 4. The maximum Gasteiger partial charge on any atom is 0.223 e. The average molecular weight is 382 g/mol. The number of hydrogen-bond acceptors (Lipinski definition) is 6. The van der Waals surface area contributed by atoms with Crippen LogP contribution in [-0.2, 0) is 16.0 Å². The summed E-state index contributed by atoms with van der Waals surface area (Å²) in [6.45, 7) is 5.78. The fourth-order valence-corrected chi connectivity index (χ4v) is 4.21. The van der Waals surface area contributed by atoms with Crippen molar-refractivity contribution in [3.63, 3.8) is 0 Å². The molecule has 2 aromatic heterocycles. The Morgan fingerprint density at radius 1 is 1.07 bits per heavy atom. The second kappa shape index (κ2) is 7.64. The molecule has 3 aliphatic rings. The summed E-state index contributed by atoms with van der Waals surface area (Å²) in [7, 11) is 0. The molecule has 0 N–H and O–H groups in total. The van der Waals surface area contributed by atoms with Gasteiger partial charge in [-0.15, -0.1) is 0 Å². The molecule has 2 fully saturated rings. The van der Waals surface area contributed by atoms with E-state index in [9.17, 15) is 0 Å². The largest absolute Gasteiger partial charge is 0.474 e. The van der Waals surface area contributed by atoms with Gasteiger partial charge in [0.15, 0.2) is 0 Å². The molecule has 148 valence electrons. The molecule has 0 amide bonds. The Balaban J connectivity index is 1.44. The number of ether oxygens (including phenoxy) is 3. The van der Waals surface area contributed by atoms with Crippen LogP contribution in [0.25, 0.3) is 0 Å². The zero-order valence-corrected chi connectivity index (χ0v) is 16.3. The van der Waals surface area contributed by atoms with E-state index in [0.717, 1.165) is 74.6 Å². The predicted octanol–water partition coefficient (Wildman–Crippen LogP) is 2.85. The standard InChI is InChI=1S/C21H26N4O3/c1-14-10-15-11-22-20(16-12-23-25(13-16)17-2-6-26-7-3-17)19(15)21(24-14)28-18-4-8-27-9-5-18/h10,12-13,17-18H,2-9,11H2,1H3. The van der Waals surface area contributed by atoms with E-state index in [-0.39, 0.29) is 6.10 Å². The molecule has 0 atom stereocenters. The molecule has 28 heavy (non-hydrogen) atoms. The Morgan fingerprint density at radius 2 is 1.82 bits per heavy atom. The fraction of sp³-hybridized carbons (Fsp3) is 0.571. The maximum absolute atomic E-state index is 6.34. The molecular weight excluding hydrogens is 356 g/mol. The lowest BCUT2D eigenvalue weighted by Crippen LogP contribution is -2.27. The van der Waals surface area contributed by atoms with Crippen LogP contribution in [0.2, 0.25) is 0 Å². The Hall–Kier alpha value is -2.25. The minimum absolute atomic E-state index is 0.152. The zero-order chi connectivity index (χ0) is 18.9. The van der Waals surface area contributed by atoms with Gasteiger partial charge in [0.25, 0.3) is 0 Å². The molecule has 7 nitrogen and oxygen atoms in total. The molecule has 5 rings (SSSR count). The number of fused-ring (bicyclic) bond motifs is 1.